The number of benzene rings is 1. The van der Waals surface area contributed by atoms with Crippen molar-refractivity contribution in [2.45, 2.75) is 6.92 Å². The highest BCUT2D eigenvalue weighted by Crippen LogP contribution is 2.27. The largest absolute Gasteiger partial charge is 0.502 e. The quantitative estimate of drug-likeness (QED) is 0.708. The molecule has 0 bridgehead atoms. The lowest BCUT2D eigenvalue weighted by atomic mass is 10.3. The van der Waals surface area contributed by atoms with Crippen molar-refractivity contribution in [3.05, 3.63) is 24.0 Å². The lowest BCUT2D eigenvalue weighted by Gasteiger charge is -2.04. The van der Waals surface area contributed by atoms with Gasteiger partial charge in [-0.2, -0.15) is 0 Å². The molecule has 0 aromatic heterocycles. The van der Waals surface area contributed by atoms with Gasteiger partial charge in [-0.3, -0.25) is 0 Å². The lowest BCUT2D eigenvalue weighted by molar-refractivity contribution is 0.310. The fourth-order valence-corrected chi connectivity index (χ4v) is 0.768. The first-order valence-electron chi connectivity index (χ1n) is 3.36. The Labute approximate surface area is 64.2 Å². The zero-order valence-electron chi connectivity index (χ0n) is 6.17. The van der Waals surface area contributed by atoms with E-state index in [1.54, 1.807) is 6.92 Å². The Morgan fingerprint density at radius 3 is 2.91 bits per heavy atom. The normalized spacial score (nSPS) is 9.64. The summed E-state index contributed by atoms with van der Waals surface area (Å²) in [7, 11) is 0. The van der Waals surface area contributed by atoms with Crippen molar-refractivity contribution < 1.29 is 14.2 Å². The average molecular weight is 156 g/mol. The van der Waals surface area contributed by atoms with E-state index in [0.717, 1.165) is 0 Å². The van der Waals surface area contributed by atoms with E-state index in [-0.39, 0.29) is 5.75 Å². The Morgan fingerprint density at radius 1 is 1.55 bits per heavy atom. The summed E-state index contributed by atoms with van der Waals surface area (Å²) >= 11 is 0. The summed E-state index contributed by atoms with van der Waals surface area (Å²) in [6, 6.07) is 4.18. The standard InChI is InChI=1S/C8H9FO2/c1-2-11-7-5-3-4-6(9)8(7)10/h3-5,10H,2H2,1H3. The summed E-state index contributed by atoms with van der Waals surface area (Å²) in [5.41, 5.74) is 0. The van der Waals surface area contributed by atoms with E-state index >= 15 is 0 Å². The molecule has 0 atom stereocenters. The van der Waals surface area contributed by atoms with Gasteiger partial charge in [-0.25, -0.2) is 4.39 Å². The molecule has 2 nitrogen and oxygen atoms in total. The summed E-state index contributed by atoms with van der Waals surface area (Å²) in [6.07, 6.45) is 0. The van der Waals surface area contributed by atoms with Crippen LogP contribution in [0.1, 0.15) is 6.92 Å². The van der Waals surface area contributed by atoms with Crippen LogP contribution in [0.15, 0.2) is 18.2 Å². The molecule has 0 unspecified atom stereocenters. The molecule has 0 saturated heterocycles. The third kappa shape index (κ3) is 1.61. The molecule has 0 saturated carbocycles. The summed E-state index contributed by atoms with van der Waals surface area (Å²) in [4.78, 5) is 0. The summed E-state index contributed by atoms with van der Waals surface area (Å²) in [6.45, 7) is 2.18. The Balaban J connectivity index is 2.96. The molecule has 1 aromatic rings. The number of halogens is 1. The maximum Gasteiger partial charge on any atom is 0.194 e. The molecule has 1 rings (SSSR count). The first kappa shape index (κ1) is 7.85. The van der Waals surface area contributed by atoms with Gasteiger partial charge in [-0.05, 0) is 19.1 Å². The molecule has 60 valence electrons. The highest BCUT2D eigenvalue weighted by molar-refractivity contribution is 5.39. The molecule has 0 heterocycles. The van der Waals surface area contributed by atoms with Crippen LogP contribution in [0.25, 0.3) is 0 Å². The summed E-state index contributed by atoms with van der Waals surface area (Å²) in [5, 5.41) is 9.03. The summed E-state index contributed by atoms with van der Waals surface area (Å²) < 4.78 is 17.5. The molecule has 0 aliphatic carbocycles. The lowest BCUT2D eigenvalue weighted by Crippen LogP contribution is -1.92. The van der Waals surface area contributed by atoms with Crippen molar-refractivity contribution in [2.24, 2.45) is 0 Å². The minimum absolute atomic E-state index is 0.188. The van der Waals surface area contributed by atoms with Crippen LogP contribution in [0.3, 0.4) is 0 Å². The molecular weight excluding hydrogens is 147 g/mol. The van der Waals surface area contributed by atoms with Gasteiger partial charge in [0, 0.05) is 0 Å². The van der Waals surface area contributed by atoms with Gasteiger partial charge in [0.05, 0.1) is 6.61 Å². The molecule has 0 amide bonds. The molecule has 1 N–H and O–H groups in total. The van der Waals surface area contributed by atoms with Gasteiger partial charge >= 0.3 is 0 Å². The van der Waals surface area contributed by atoms with E-state index in [4.69, 9.17) is 9.84 Å². The smallest absolute Gasteiger partial charge is 0.194 e. The number of aromatic hydroxyl groups is 1. The molecule has 0 aliphatic rings. The van der Waals surface area contributed by atoms with Crippen LogP contribution in [-0.2, 0) is 0 Å². The fourth-order valence-electron chi connectivity index (χ4n) is 0.768. The molecule has 0 fully saturated rings. The number of rotatable bonds is 2. The molecule has 0 radical (unpaired) electrons. The van der Waals surface area contributed by atoms with Crippen LogP contribution in [0.2, 0.25) is 0 Å². The van der Waals surface area contributed by atoms with Gasteiger partial charge in [0.1, 0.15) is 0 Å². The second kappa shape index (κ2) is 3.23. The van der Waals surface area contributed by atoms with Crippen molar-refractivity contribution in [1.82, 2.24) is 0 Å². The number of hydrogen-bond acceptors (Lipinski definition) is 2. The highest BCUT2D eigenvalue weighted by atomic mass is 19.1. The predicted octanol–water partition coefficient (Wildman–Crippen LogP) is 1.93. The van der Waals surface area contributed by atoms with Gasteiger partial charge in [-0.1, -0.05) is 6.07 Å². The first-order valence-corrected chi connectivity index (χ1v) is 3.36. The van der Waals surface area contributed by atoms with Crippen molar-refractivity contribution >= 4 is 0 Å². The van der Waals surface area contributed by atoms with Gasteiger partial charge in [0.25, 0.3) is 0 Å². The van der Waals surface area contributed by atoms with E-state index < -0.39 is 11.6 Å². The van der Waals surface area contributed by atoms with Crippen molar-refractivity contribution in [3.8, 4) is 11.5 Å². The molecular formula is C8H9FO2. The Kier molecular flexibility index (Phi) is 2.31. The predicted molar refractivity (Wildman–Crippen MR) is 39.2 cm³/mol. The minimum Gasteiger partial charge on any atom is -0.502 e. The van der Waals surface area contributed by atoms with E-state index in [1.165, 1.54) is 18.2 Å². The van der Waals surface area contributed by atoms with Crippen LogP contribution in [0, 0.1) is 5.82 Å². The van der Waals surface area contributed by atoms with E-state index in [0.29, 0.717) is 6.61 Å². The van der Waals surface area contributed by atoms with Crippen LogP contribution in [0.4, 0.5) is 4.39 Å². The second-order valence-electron chi connectivity index (χ2n) is 2.02. The van der Waals surface area contributed by atoms with Crippen LogP contribution in [-0.4, -0.2) is 11.7 Å². The van der Waals surface area contributed by atoms with Crippen molar-refractivity contribution in [3.63, 3.8) is 0 Å². The van der Waals surface area contributed by atoms with Gasteiger partial charge in [-0.15, -0.1) is 0 Å². The zero-order chi connectivity index (χ0) is 8.27. The van der Waals surface area contributed by atoms with Gasteiger partial charge < -0.3 is 9.84 Å². The van der Waals surface area contributed by atoms with Gasteiger partial charge in [0.15, 0.2) is 17.3 Å². The maximum atomic E-state index is 12.6. The molecule has 0 spiro atoms. The number of hydrogen-bond donors (Lipinski definition) is 1. The van der Waals surface area contributed by atoms with E-state index in [1.807, 2.05) is 0 Å². The average Bonchev–Trinajstić information content (AvgIpc) is 1.99. The second-order valence-corrected chi connectivity index (χ2v) is 2.02. The van der Waals surface area contributed by atoms with E-state index in [9.17, 15) is 4.39 Å². The minimum atomic E-state index is -0.657. The number of ether oxygens (including phenoxy) is 1. The summed E-state index contributed by atoms with van der Waals surface area (Å²) in [5.74, 6) is -0.891. The molecule has 0 aliphatic heterocycles. The number of phenolic OH excluding ortho intramolecular Hbond substituents is 1. The van der Waals surface area contributed by atoms with Crippen LogP contribution >= 0.6 is 0 Å². The molecule has 11 heavy (non-hydrogen) atoms. The monoisotopic (exact) mass is 156 g/mol. The fraction of sp³-hybridized carbons (Fsp3) is 0.250. The third-order valence-corrected chi connectivity index (χ3v) is 1.25. The number of para-hydroxylation sites is 1. The topological polar surface area (TPSA) is 29.5 Å². The molecule has 3 heteroatoms. The zero-order valence-corrected chi connectivity index (χ0v) is 6.17. The van der Waals surface area contributed by atoms with Crippen LogP contribution in [0.5, 0.6) is 11.5 Å². The first-order chi connectivity index (χ1) is 5.25. The SMILES string of the molecule is CCOc1cccc(F)c1O. The Hall–Kier alpha value is -1.25. The van der Waals surface area contributed by atoms with Gasteiger partial charge in [0.2, 0.25) is 0 Å². The third-order valence-electron chi connectivity index (χ3n) is 1.25. The van der Waals surface area contributed by atoms with E-state index in [2.05, 4.69) is 0 Å². The highest BCUT2D eigenvalue weighted by Gasteiger charge is 2.05. The van der Waals surface area contributed by atoms with Crippen molar-refractivity contribution in [1.29, 1.82) is 0 Å². The number of phenols is 1. The Bertz CT molecular complexity index is 248. The maximum absolute atomic E-state index is 12.6. The Morgan fingerprint density at radius 2 is 2.27 bits per heavy atom. The van der Waals surface area contributed by atoms with Crippen molar-refractivity contribution in [2.75, 3.05) is 6.61 Å². The van der Waals surface area contributed by atoms with Crippen LogP contribution < -0.4 is 4.74 Å². The molecule has 1 aromatic carbocycles.